The molecule has 0 atom stereocenters. The minimum absolute atomic E-state index is 0.0267. The van der Waals surface area contributed by atoms with Crippen LogP contribution in [0.5, 0.6) is 17.2 Å². The molecule has 2 heterocycles. The van der Waals surface area contributed by atoms with Gasteiger partial charge in [0.15, 0.2) is 0 Å². The number of rotatable bonds is 6. The summed E-state index contributed by atoms with van der Waals surface area (Å²) < 4.78 is 16.3. The monoisotopic (exact) mass is 394 g/mol. The van der Waals surface area contributed by atoms with Crippen LogP contribution in [-0.2, 0) is 4.79 Å². The van der Waals surface area contributed by atoms with Gasteiger partial charge in [0, 0.05) is 11.8 Å². The van der Waals surface area contributed by atoms with Crippen molar-refractivity contribution in [1.82, 2.24) is 4.90 Å². The first-order chi connectivity index (χ1) is 14.1. The smallest absolute Gasteiger partial charge is 0.339 e. The van der Waals surface area contributed by atoms with Gasteiger partial charge in [0.1, 0.15) is 22.8 Å². The molecule has 1 saturated heterocycles. The number of amides is 1. The number of methoxy groups -OCH3 is 1. The zero-order valence-electron chi connectivity index (χ0n) is 16.1. The molecular formula is C22H22N2O5. The molecule has 2 aromatic carbocycles. The van der Waals surface area contributed by atoms with Crippen molar-refractivity contribution >= 4 is 22.6 Å². The van der Waals surface area contributed by atoms with E-state index >= 15 is 0 Å². The molecule has 1 N–H and O–H groups in total. The summed E-state index contributed by atoms with van der Waals surface area (Å²) in [4.78, 5) is 26.2. The van der Waals surface area contributed by atoms with E-state index in [1.165, 1.54) is 6.07 Å². The van der Waals surface area contributed by atoms with Crippen LogP contribution in [0.25, 0.3) is 11.0 Å². The summed E-state index contributed by atoms with van der Waals surface area (Å²) in [7, 11) is 1.55. The summed E-state index contributed by atoms with van der Waals surface area (Å²) in [5.41, 5.74) is 0.577. The lowest BCUT2D eigenvalue weighted by molar-refractivity contribution is -0.117. The van der Waals surface area contributed by atoms with Crippen LogP contribution in [0.1, 0.15) is 12.8 Å². The van der Waals surface area contributed by atoms with Crippen molar-refractivity contribution in [1.29, 1.82) is 0 Å². The third kappa shape index (κ3) is 4.57. The number of hydrogen-bond donors (Lipinski definition) is 1. The number of benzene rings is 2. The Labute approximate surface area is 167 Å². The van der Waals surface area contributed by atoms with E-state index in [1.807, 2.05) is 0 Å². The highest BCUT2D eigenvalue weighted by Crippen LogP contribution is 2.31. The Morgan fingerprint density at radius 1 is 1.07 bits per heavy atom. The first-order valence-corrected chi connectivity index (χ1v) is 9.53. The minimum atomic E-state index is -0.508. The van der Waals surface area contributed by atoms with E-state index in [2.05, 4.69) is 10.2 Å². The van der Waals surface area contributed by atoms with Gasteiger partial charge in [-0.2, -0.15) is 0 Å². The maximum Gasteiger partial charge on any atom is 0.339 e. The van der Waals surface area contributed by atoms with Gasteiger partial charge in [-0.3, -0.25) is 9.69 Å². The molecule has 1 fully saturated rings. The highest BCUT2D eigenvalue weighted by molar-refractivity contribution is 5.92. The van der Waals surface area contributed by atoms with E-state index in [0.717, 1.165) is 25.9 Å². The molecule has 4 rings (SSSR count). The average molecular weight is 394 g/mol. The summed E-state index contributed by atoms with van der Waals surface area (Å²) in [6, 6.07) is 13.5. The maximum absolute atomic E-state index is 12.1. The standard InChI is InChI=1S/C22H22N2O5/c1-27-17-8-9-18-19(12-17)29-22(26)13-20(18)28-16-6-4-15(5-7-16)23-21(25)14-24-10-2-3-11-24/h4-9,12-13H,2-3,10-11,14H2,1H3,(H,23,25). The van der Waals surface area contributed by atoms with Gasteiger partial charge in [-0.25, -0.2) is 4.79 Å². The van der Waals surface area contributed by atoms with Gasteiger partial charge in [0.2, 0.25) is 5.91 Å². The van der Waals surface area contributed by atoms with Gasteiger partial charge < -0.3 is 19.2 Å². The Morgan fingerprint density at radius 2 is 1.79 bits per heavy atom. The van der Waals surface area contributed by atoms with Crippen LogP contribution in [0.15, 0.2) is 57.7 Å². The minimum Gasteiger partial charge on any atom is -0.497 e. The summed E-state index contributed by atoms with van der Waals surface area (Å²) in [5.74, 6) is 1.50. The maximum atomic E-state index is 12.1. The van der Waals surface area contributed by atoms with Crippen LogP contribution in [0, 0.1) is 0 Å². The topological polar surface area (TPSA) is 81.0 Å². The molecule has 3 aromatic rings. The van der Waals surface area contributed by atoms with Crippen LogP contribution in [-0.4, -0.2) is 37.6 Å². The van der Waals surface area contributed by atoms with Crippen molar-refractivity contribution in [3.8, 4) is 17.2 Å². The molecule has 1 aliphatic heterocycles. The number of carbonyl (C=O) groups is 1. The van der Waals surface area contributed by atoms with E-state index < -0.39 is 5.63 Å². The number of ether oxygens (including phenoxy) is 2. The molecule has 7 heteroatoms. The first-order valence-electron chi connectivity index (χ1n) is 9.53. The molecule has 1 amide bonds. The van der Waals surface area contributed by atoms with Crippen LogP contribution in [0.2, 0.25) is 0 Å². The zero-order valence-corrected chi connectivity index (χ0v) is 16.1. The van der Waals surface area contributed by atoms with Crippen LogP contribution in [0.3, 0.4) is 0 Å². The van der Waals surface area contributed by atoms with Gasteiger partial charge in [-0.15, -0.1) is 0 Å². The van der Waals surface area contributed by atoms with Crippen molar-refractivity contribution in [2.75, 3.05) is 32.1 Å². The Bertz CT molecular complexity index is 1070. The van der Waals surface area contributed by atoms with Gasteiger partial charge in [-0.05, 0) is 62.3 Å². The van der Waals surface area contributed by atoms with E-state index in [1.54, 1.807) is 49.6 Å². The normalized spacial score (nSPS) is 14.1. The first kappa shape index (κ1) is 19.0. The van der Waals surface area contributed by atoms with Gasteiger partial charge in [-0.1, -0.05) is 0 Å². The number of anilines is 1. The lowest BCUT2D eigenvalue weighted by Gasteiger charge is -2.14. The molecule has 7 nitrogen and oxygen atoms in total. The van der Waals surface area contributed by atoms with Gasteiger partial charge >= 0.3 is 5.63 Å². The van der Waals surface area contributed by atoms with Crippen molar-refractivity contribution in [3.05, 3.63) is 59.0 Å². The van der Waals surface area contributed by atoms with Crippen LogP contribution >= 0.6 is 0 Å². The number of fused-ring (bicyclic) bond motifs is 1. The second kappa shape index (κ2) is 8.36. The van der Waals surface area contributed by atoms with Crippen molar-refractivity contribution < 1.29 is 18.7 Å². The molecule has 1 aromatic heterocycles. The predicted molar refractivity (Wildman–Crippen MR) is 110 cm³/mol. The van der Waals surface area contributed by atoms with E-state index in [9.17, 15) is 9.59 Å². The molecule has 0 aliphatic carbocycles. The van der Waals surface area contributed by atoms with E-state index in [0.29, 0.717) is 40.4 Å². The molecule has 0 bridgehead atoms. The number of nitrogens with zero attached hydrogens (tertiary/aromatic N) is 1. The summed E-state index contributed by atoms with van der Waals surface area (Å²) in [5, 5.41) is 3.56. The Morgan fingerprint density at radius 3 is 2.52 bits per heavy atom. The fourth-order valence-electron chi connectivity index (χ4n) is 3.40. The van der Waals surface area contributed by atoms with Crippen molar-refractivity contribution in [3.63, 3.8) is 0 Å². The summed E-state index contributed by atoms with van der Waals surface area (Å²) in [6.45, 7) is 2.36. The Hall–Kier alpha value is -3.32. The van der Waals surface area contributed by atoms with Gasteiger partial charge in [0.05, 0.1) is 25.1 Å². The molecule has 1 aliphatic rings. The fraction of sp³-hybridized carbons (Fsp3) is 0.273. The second-order valence-corrected chi connectivity index (χ2v) is 6.95. The Kier molecular flexibility index (Phi) is 5.48. The highest BCUT2D eigenvalue weighted by Gasteiger charge is 2.15. The molecule has 150 valence electrons. The number of hydrogen-bond acceptors (Lipinski definition) is 6. The third-order valence-corrected chi connectivity index (χ3v) is 4.85. The lowest BCUT2D eigenvalue weighted by Crippen LogP contribution is -2.30. The molecular weight excluding hydrogens is 372 g/mol. The highest BCUT2D eigenvalue weighted by atomic mass is 16.5. The van der Waals surface area contributed by atoms with Crippen molar-refractivity contribution in [2.45, 2.75) is 12.8 Å². The number of nitrogens with one attached hydrogen (secondary N) is 1. The average Bonchev–Trinajstić information content (AvgIpc) is 3.21. The van der Waals surface area contributed by atoms with Gasteiger partial charge in [0.25, 0.3) is 0 Å². The Balaban J connectivity index is 1.47. The van der Waals surface area contributed by atoms with Crippen LogP contribution in [0.4, 0.5) is 5.69 Å². The molecule has 0 spiro atoms. The van der Waals surface area contributed by atoms with Crippen molar-refractivity contribution in [2.24, 2.45) is 0 Å². The lowest BCUT2D eigenvalue weighted by atomic mass is 10.2. The number of carbonyl (C=O) groups excluding carboxylic acids is 1. The third-order valence-electron chi connectivity index (χ3n) is 4.85. The summed E-state index contributed by atoms with van der Waals surface area (Å²) >= 11 is 0. The predicted octanol–water partition coefficient (Wildman–Crippen LogP) is 3.63. The SMILES string of the molecule is COc1ccc2c(Oc3ccc(NC(=O)CN4CCCC4)cc3)cc(=O)oc2c1. The molecule has 0 unspecified atom stereocenters. The zero-order chi connectivity index (χ0) is 20.2. The van der Waals surface area contributed by atoms with E-state index in [4.69, 9.17) is 13.9 Å². The largest absolute Gasteiger partial charge is 0.497 e. The molecule has 29 heavy (non-hydrogen) atoms. The molecule has 0 radical (unpaired) electrons. The quantitative estimate of drug-likeness (QED) is 0.643. The molecule has 0 saturated carbocycles. The van der Waals surface area contributed by atoms with E-state index in [-0.39, 0.29) is 5.91 Å². The fourth-order valence-corrected chi connectivity index (χ4v) is 3.40. The summed E-state index contributed by atoms with van der Waals surface area (Å²) in [6.07, 6.45) is 2.30. The van der Waals surface area contributed by atoms with Crippen LogP contribution < -0.4 is 20.4 Å². The second-order valence-electron chi connectivity index (χ2n) is 6.95. The number of likely N-dealkylation sites (tertiary alicyclic amines) is 1.